The van der Waals surface area contributed by atoms with Crippen LogP contribution in [-0.4, -0.2) is 6.04 Å². The van der Waals surface area contributed by atoms with Gasteiger partial charge in [0, 0.05) is 6.04 Å². The normalized spacial score (nSPS) is 34.9. The van der Waals surface area contributed by atoms with Gasteiger partial charge in [0.1, 0.15) is 0 Å². The van der Waals surface area contributed by atoms with Gasteiger partial charge in [-0.05, 0) is 18.8 Å². The maximum Gasteiger partial charge on any atom is 0.0226 e. The second-order valence-electron chi connectivity index (χ2n) is 2.84. The fourth-order valence-electron chi connectivity index (χ4n) is 1.34. The van der Waals surface area contributed by atoms with Crippen molar-refractivity contribution in [1.29, 1.82) is 0 Å². The van der Waals surface area contributed by atoms with Crippen LogP contribution in [0.1, 0.15) is 26.2 Å². The van der Waals surface area contributed by atoms with E-state index in [0.29, 0.717) is 6.04 Å². The Morgan fingerprint density at radius 3 is 2.89 bits per heavy atom. The summed E-state index contributed by atoms with van der Waals surface area (Å²) < 4.78 is 0. The first-order valence-electron chi connectivity index (χ1n) is 3.75. The Morgan fingerprint density at radius 2 is 2.44 bits per heavy atom. The molecule has 1 rings (SSSR count). The lowest BCUT2D eigenvalue weighted by atomic mass is 9.90. The first-order valence-corrected chi connectivity index (χ1v) is 3.75. The zero-order chi connectivity index (χ0) is 6.69. The van der Waals surface area contributed by atoms with Gasteiger partial charge in [0.25, 0.3) is 0 Å². The van der Waals surface area contributed by atoms with Crippen molar-refractivity contribution in [2.24, 2.45) is 11.7 Å². The highest BCUT2D eigenvalue weighted by Crippen LogP contribution is 2.19. The van der Waals surface area contributed by atoms with Crippen molar-refractivity contribution < 1.29 is 0 Å². The molecule has 0 radical (unpaired) electrons. The van der Waals surface area contributed by atoms with Crippen molar-refractivity contribution in [1.82, 2.24) is 0 Å². The third kappa shape index (κ3) is 1.83. The van der Waals surface area contributed by atoms with Crippen molar-refractivity contribution in [3.05, 3.63) is 12.2 Å². The molecule has 0 aromatic rings. The summed E-state index contributed by atoms with van der Waals surface area (Å²) in [5, 5.41) is 0. The van der Waals surface area contributed by atoms with Gasteiger partial charge in [-0.1, -0.05) is 25.5 Å². The fourth-order valence-corrected chi connectivity index (χ4v) is 1.34. The Kier molecular flexibility index (Phi) is 2.29. The van der Waals surface area contributed by atoms with E-state index in [1.165, 1.54) is 19.3 Å². The third-order valence-corrected chi connectivity index (χ3v) is 2.04. The van der Waals surface area contributed by atoms with Crippen LogP contribution in [0.5, 0.6) is 0 Å². The molecule has 1 aliphatic carbocycles. The highest BCUT2D eigenvalue weighted by atomic mass is 14.6. The molecule has 1 heteroatoms. The van der Waals surface area contributed by atoms with Gasteiger partial charge in [0.15, 0.2) is 0 Å². The Labute approximate surface area is 56.9 Å². The molecule has 9 heavy (non-hydrogen) atoms. The summed E-state index contributed by atoms with van der Waals surface area (Å²) in [5.74, 6) is 0.852. The summed E-state index contributed by atoms with van der Waals surface area (Å²) in [6.45, 7) is 2.23. The maximum absolute atomic E-state index is 5.71. The first-order chi connectivity index (χ1) is 4.33. The molecule has 2 unspecified atom stereocenters. The van der Waals surface area contributed by atoms with Crippen LogP contribution in [0.15, 0.2) is 12.2 Å². The third-order valence-electron chi connectivity index (χ3n) is 2.04. The van der Waals surface area contributed by atoms with Crippen molar-refractivity contribution in [3.8, 4) is 0 Å². The van der Waals surface area contributed by atoms with E-state index in [2.05, 4.69) is 19.1 Å². The summed E-state index contributed by atoms with van der Waals surface area (Å²) in [7, 11) is 0. The van der Waals surface area contributed by atoms with Gasteiger partial charge in [-0.25, -0.2) is 0 Å². The fraction of sp³-hybridized carbons (Fsp3) is 0.750. The largest absolute Gasteiger partial charge is 0.324 e. The van der Waals surface area contributed by atoms with Crippen LogP contribution in [-0.2, 0) is 0 Å². The molecule has 0 aromatic heterocycles. The lowest BCUT2D eigenvalue weighted by Gasteiger charge is -2.19. The smallest absolute Gasteiger partial charge is 0.0226 e. The van der Waals surface area contributed by atoms with Crippen molar-refractivity contribution in [2.45, 2.75) is 32.2 Å². The maximum atomic E-state index is 5.71. The molecule has 2 N–H and O–H groups in total. The average Bonchev–Trinajstić information content (AvgIpc) is 1.88. The minimum Gasteiger partial charge on any atom is -0.324 e. The predicted octanol–water partition coefficient (Wildman–Crippen LogP) is 1.69. The number of rotatable bonds is 1. The number of hydrogen-bond donors (Lipinski definition) is 1. The molecule has 0 saturated carbocycles. The lowest BCUT2D eigenvalue weighted by Crippen LogP contribution is -2.23. The summed E-state index contributed by atoms with van der Waals surface area (Å²) >= 11 is 0. The molecular formula is C8H15N. The zero-order valence-corrected chi connectivity index (χ0v) is 6.01. The van der Waals surface area contributed by atoms with Gasteiger partial charge in [0.05, 0.1) is 0 Å². The summed E-state index contributed by atoms with van der Waals surface area (Å²) in [5.41, 5.74) is 5.71. The highest BCUT2D eigenvalue weighted by molar-refractivity contribution is 4.98. The average molecular weight is 125 g/mol. The highest BCUT2D eigenvalue weighted by Gasteiger charge is 2.11. The van der Waals surface area contributed by atoms with Gasteiger partial charge >= 0.3 is 0 Å². The van der Waals surface area contributed by atoms with Crippen LogP contribution >= 0.6 is 0 Å². The van der Waals surface area contributed by atoms with E-state index >= 15 is 0 Å². The molecule has 52 valence electrons. The van der Waals surface area contributed by atoms with E-state index in [1.807, 2.05) is 0 Å². The van der Waals surface area contributed by atoms with Crippen LogP contribution < -0.4 is 5.73 Å². The Morgan fingerprint density at radius 1 is 1.67 bits per heavy atom. The minimum absolute atomic E-state index is 0.337. The molecule has 0 aromatic carbocycles. The van der Waals surface area contributed by atoms with E-state index in [1.54, 1.807) is 0 Å². The van der Waals surface area contributed by atoms with Crippen LogP contribution in [0.3, 0.4) is 0 Å². The van der Waals surface area contributed by atoms with Gasteiger partial charge < -0.3 is 5.73 Å². The first kappa shape index (κ1) is 6.81. The Bertz CT molecular complexity index is 107. The van der Waals surface area contributed by atoms with Crippen LogP contribution in [0.4, 0.5) is 0 Å². The van der Waals surface area contributed by atoms with E-state index in [0.717, 1.165) is 5.92 Å². The second kappa shape index (κ2) is 3.02. The molecule has 1 aliphatic rings. The molecule has 0 bridgehead atoms. The monoisotopic (exact) mass is 125 g/mol. The van der Waals surface area contributed by atoms with Crippen LogP contribution in [0.25, 0.3) is 0 Å². The molecule has 0 fully saturated rings. The van der Waals surface area contributed by atoms with Crippen molar-refractivity contribution >= 4 is 0 Å². The molecule has 1 nitrogen and oxygen atoms in total. The SMILES string of the molecule is CCC1CC=CC(N)C1. The van der Waals surface area contributed by atoms with E-state index < -0.39 is 0 Å². The molecule has 0 spiro atoms. The van der Waals surface area contributed by atoms with Crippen LogP contribution in [0, 0.1) is 5.92 Å². The van der Waals surface area contributed by atoms with Crippen LogP contribution in [0.2, 0.25) is 0 Å². The number of nitrogens with two attached hydrogens (primary N) is 1. The molecule has 0 aliphatic heterocycles. The van der Waals surface area contributed by atoms with Gasteiger partial charge in [0.2, 0.25) is 0 Å². The summed E-state index contributed by atoms with van der Waals surface area (Å²) in [4.78, 5) is 0. The zero-order valence-electron chi connectivity index (χ0n) is 6.01. The quantitative estimate of drug-likeness (QED) is 0.530. The van der Waals surface area contributed by atoms with E-state index in [4.69, 9.17) is 5.73 Å². The molecule has 0 amide bonds. The Hall–Kier alpha value is -0.300. The van der Waals surface area contributed by atoms with Crippen molar-refractivity contribution in [3.63, 3.8) is 0 Å². The molecule has 0 saturated heterocycles. The predicted molar refractivity (Wildman–Crippen MR) is 40.1 cm³/mol. The summed E-state index contributed by atoms with van der Waals surface area (Å²) in [6, 6.07) is 0.337. The standard InChI is InChI=1S/C8H15N/c1-2-7-4-3-5-8(9)6-7/h3,5,7-8H,2,4,6,9H2,1H3. The van der Waals surface area contributed by atoms with Gasteiger partial charge in [-0.2, -0.15) is 0 Å². The Balaban J connectivity index is 2.38. The molecule has 0 heterocycles. The minimum atomic E-state index is 0.337. The topological polar surface area (TPSA) is 26.0 Å². The lowest BCUT2D eigenvalue weighted by molar-refractivity contribution is 0.436. The van der Waals surface area contributed by atoms with E-state index in [9.17, 15) is 0 Å². The van der Waals surface area contributed by atoms with Gasteiger partial charge in [-0.3, -0.25) is 0 Å². The van der Waals surface area contributed by atoms with E-state index in [-0.39, 0.29) is 0 Å². The van der Waals surface area contributed by atoms with Gasteiger partial charge in [-0.15, -0.1) is 0 Å². The molecular weight excluding hydrogens is 110 g/mol. The van der Waals surface area contributed by atoms with Crippen molar-refractivity contribution in [2.75, 3.05) is 0 Å². The second-order valence-corrected chi connectivity index (χ2v) is 2.84. The number of allylic oxidation sites excluding steroid dienone is 1. The molecule has 2 atom stereocenters. The summed E-state index contributed by atoms with van der Waals surface area (Å²) in [6.07, 6.45) is 8.03. The number of hydrogen-bond acceptors (Lipinski definition) is 1.